The Balaban J connectivity index is 0.000000371. The van der Waals surface area contributed by atoms with E-state index in [0.29, 0.717) is 12.2 Å². The number of nitrogens with zero attached hydrogens (tertiary/aromatic N) is 4. The molecule has 1 aliphatic heterocycles. The number of ether oxygens (including phenoxy) is 1. The molecule has 9 heteroatoms. The van der Waals surface area contributed by atoms with Crippen molar-refractivity contribution in [3.63, 3.8) is 0 Å². The van der Waals surface area contributed by atoms with Gasteiger partial charge in [-0.1, -0.05) is 36.4 Å². The van der Waals surface area contributed by atoms with Gasteiger partial charge in [0, 0.05) is 62.8 Å². The van der Waals surface area contributed by atoms with Crippen molar-refractivity contribution < 1.29 is 24.5 Å². The van der Waals surface area contributed by atoms with Gasteiger partial charge in [0.2, 0.25) is 5.95 Å². The number of carbonyl (C=O) groups is 2. The lowest BCUT2D eigenvalue weighted by Crippen LogP contribution is -2.46. The van der Waals surface area contributed by atoms with E-state index in [2.05, 4.69) is 56.2 Å². The monoisotopic (exact) mass is 476 g/mol. The Labute approximate surface area is 203 Å². The van der Waals surface area contributed by atoms with E-state index >= 15 is 0 Å². The minimum Gasteiger partial charge on any atom is -0.496 e. The highest BCUT2D eigenvalue weighted by Crippen LogP contribution is 2.30. The zero-order valence-corrected chi connectivity index (χ0v) is 19.4. The first-order valence-corrected chi connectivity index (χ1v) is 11.1. The van der Waals surface area contributed by atoms with Crippen LogP contribution in [0.4, 0.5) is 5.95 Å². The van der Waals surface area contributed by atoms with Crippen molar-refractivity contribution in [1.29, 1.82) is 0 Å². The van der Waals surface area contributed by atoms with Crippen molar-refractivity contribution in [3.8, 4) is 16.9 Å². The smallest absolute Gasteiger partial charge is 0.328 e. The highest BCUT2D eigenvalue weighted by Gasteiger charge is 2.19. The SMILES string of the molecule is COc1ccccc1-c1cccc(CN2CCN(c3ncccn3)CC2)c1.O=C(O)/C=C\C(=O)O. The van der Waals surface area contributed by atoms with Crippen molar-refractivity contribution in [2.75, 3.05) is 38.2 Å². The molecule has 4 rings (SSSR count). The molecule has 2 aromatic carbocycles. The van der Waals surface area contributed by atoms with Crippen LogP contribution in [0.2, 0.25) is 0 Å². The standard InChI is InChI=1S/C22H24N4O.C4H4O4/c1-27-21-9-3-2-8-20(21)19-7-4-6-18(16-19)17-25-12-14-26(15-13-25)22-23-10-5-11-24-22;5-3(6)1-2-4(7)8/h2-11,16H,12-15,17H2,1H3;1-2H,(H,5,6)(H,7,8)/b;2-1-. The topological polar surface area (TPSA) is 116 Å². The summed E-state index contributed by atoms with van der Waals surface area (Å²) < 4.78 is 5.52. The number of hydrogen-bond acceptors (Lipinski definition) is 7. The fourth-order valence-corrected chi connectivity index (χ4v) is 3.68. The minimum absolute atomic E-state index is 0.558. The molecule has 0 spiro atoms. The molecule has 1 aromatic heterocycles. The Bertz CT molecular complexity index is 1130. The summed E-state index contributed by atoms with van der Waals surface area (Å²) in [6, 6.07) is 18.8. The molecule has 0 amide bonds. The molecule has 182 valence electrons. The number of methoxy groups -OCH3 is 1. The second kappa shape index (κ2) is 12.9. The maximum atomic E-state index is 9.55. The molecule has 1 saturated heterocycles. The summed E-state index contributed by atoms with van der Waals surface area (Å²) in [7, 11) is 1.72. The van der Waals surface area contributed by atoms with Crippen molar-refractivity contribution >= 4 is 17.9 Å². The first kappa shape index (κ1) is 25.4. The van der Waals surface area contributed by atoms with Gasteiger partial charge in [0.1, 0.15) is 5.75 Å². The first-order chi connectivity index (χ1) is 17.0. The van der Waals surface area contributed by atoms with E-state index in [0.717, 1.165) is 50.0 Å². The van der Waals surface area contributed by atoms with Gasteiger partial charge in [-0.25, -0.2) is 19.6 Å². The maximum absolute atomic E-state index is 9.55. The second-order valence-electron chi connectivity index (χ2n) is 7.72. The quantitative estimate of drug-likeness (QED) is 0.496. The van der Waals surface area contributed by atoms with Crippen molar-refractivity contribution in [2.24, 2.45) is 0 Å². The average Bonchev–Trinajstić information content (AvgIpc) is 2.89. The first-order valence-electron chi connectivity index (χ1n) is 11.1. The molecule has 9 nitrogen and oxygen atoms in total. The number of carboxylic acids is 2. The van der Waals surface area contributed by atoms with E-state index in [4.69, 9.17) is 14.9 Å². The predicted octanol–water partition coefficient (Wildman–Crippen LogP) is 3.19. The van der Waals surface area contributed by atoms with E-state index in [1.807, 2.05) is 18.2 Å². The van der Waals surface area contributed by atoms with Gasteiger partial charge in [0.15, 0.2) is 0 Å². The third-order valence-corrected chi connectivity index (χ3v) is 5.33. The lowest BCUT2D eigenvalue weighted by Gasteiger charge is -2.34. The van der Waals surface area contributed by atoms with Crippen LogP contribution in [0.15, 0.2) is 79.1 Å². The number of benzene rings is 2. The average molecular weight is 477 g/mol. The molecule has 0 bridgehead atoms. The van der Waals surface area contributed by atoms with Crippen LogP contribution in [0.25, 0.3) is 11.1 Å². The van der Waals surface area contributed by atoms with Crippen LogP contribution in [0.1, 0.15) is 5.56 Å². The summed E-state index contributed by atoms with van der Waals surface area (Å²) in [5.41, 5.74) is 3.65. The molecule has 3 aromatic rings. The fraction of sp³-hybridized carbons (Fsp3) is 0.231. The zero-order chi connectivity index (χ0) is 25.0. The summed E-state index contributed by atoms with van der Waals surface area (Å²) in [4.78, 5) is 32.6. The molecule has 2 heterocycles. The van der Waals surface area contributed by atoms with Gasteiger partial charge in [-0.15, -0.1) is 0 Å². The van der Waals surface area contributed by atoms with Gasteiger partial charge in [0.05, 0.1) is 7.11 Å². The molecule has 0 aliphatic carbocycles. The Morgan fingerprint density at radius 3 is 2.20 bits per heavy atom. The van der Waals surface area contributed by atoms with Crippen LogP contribution in [0.5, 0.6) is 5.75 Å². The maximum Gasteiger partial charge on any atom is 0.328 e. The zero-order valence-electron chi connectivity index (χ0n) is 19.4. The van der Waals surface area contributed by atoms with E-state index in [1.165, 1.54) is 11.1 Å². The molecule has 2 N–H and O–H groups in total. The molecule has 0 unspecified atom stereocenters. The van der Waals surface area contributed by atoms with Crippen LogP contribution in [-0.4, -0.2) is 70.3 Å². The molecule has 1 fully saturated rings. The van der Waals surface area contributed by atoms with Gasteiger partial charge in [-0.3, -0.25) is 4.90 Å². The highest BCUT2D eigenvalue weighted by atomic mass is 16.5. The third kappa shape index (κ3) is 7.94. The van der Waals surface area contributed by atoms with Crippen molar-refractivity contribution in [2.45, 2.75) is 6.54 Å². The third-order valence-electron chi connectivity index (χ3n) is 5.33. The Morgan fingerprint density at radius 2 is 1.57 bits per heavy atom. The van der Waals surface area contributed by atoms with Gasteiger partial charge in [-0.2, -0.15) is 0 Å². The summed E-state index contributed by atoms with van der Waals surface area (Å²) in [5.74, 6) is -0.777. The van der Waals surface area contributed by atoms with Crippen molar-refractivity contribution in [3.05, 3.63) is 84.7 Å². The lowest BCUT2D eigenvalue weighted by molar-refractivity contribution is -0.134. The highest BCUT2D eigenvalue weighted by molar-refractivity contribution is 5.89. The van der Waals surface area contributed by atoms with Gasteiger partial charge < -0.3 is 19.8 Å². The second-order valence-corrected chi connectivity index (χ2v) is 7.72. The van der Waals surface area contributed by atoms with Crippen LogP contribution in [0.3, 0.4) is 0 Å². The Kier molecular flexibility index (Phi) is 9.32. The van der Waals surface area contributed by atoms with Crippen LogP contribution in [-0.2, 0) is 16.1 Å². The fourth-order valence-electron chi connectivity index (χ4n) is 3.68. The number of para-hydroxylation sites is 1. The number of carboxylic acid groups (broad SMARTS) is 2. The molecular weight excluding hydrogens is 448 g/mol. The van der Waals surface area contributed by atoms with Gasteiger partial charge in [0.25, 0.3) is 0 Å². The predicted molar refractivity (Wildman–Crippen MR) is 132 cm³/mol. The van der Waals surface area contributed by atoms with Crippen LogP contribution < -0.4 is 9.64 Å². The van der Waals surface area contributed by atoms with Crippen LogP contribution in [0, 0.1) is 0 Å². The summed E-state index contributed by atoms with van der Waals surface area (Å²) in [5, 5.41) is 15.6. The molecular formula is C26H28N4O5. The van der Waals surface area contributed by atoms with E-state index in [-0.39, 0.29) is 0 Å². The number of aromatic nitrogens is 2. The van der Waals surface area contributed by atoms with Gasteiger partial charge >= 0.3 is 11.9 Å². The van der Waals surface area contributed by atoms with Gasteiger partial charge in [-0.05, 0) is 29.3 Å². The number of hydrogen-bond donors (Lipinski definition) is 2. The summed E-state index contributed by atoms with van der Waals surface area (Å²) >= 11 is 0. The largest absolute Gasteiger partial charge is 0.496 e. The van der Waals surface area contributed by atoms with E-state index in [1.54, 1.807) is 19.5 Å². The Morgan fingerprint density at radius 1 is 0.914 bits per heavy atom. The number of piperazine rings is 1. The lowest BCUT2D eigenvalue weighted by atomic mass is 10.0. The van der Waals surface area contributed by atoms with Crippen LogP contribution >= 0.6 is 0 Å². The molecule has 35 heavy (non-hydrogen) atoms. The van der Waals surface area contributed by atoms with E-state index < -0.39 is 11.9 Å². The number of rotatable bonds is 7. The normalized spacial score (nSPS) is 13.7. The minimum atomic E-state index is -1.26. The Hall–Kier alpha value is -4.24. The number of anilines is 1. The summed E-state index contributed by atoms with van der Waals surface area (Å²) in [6.07, 6.45) is 4.72. The molecule has 0 atom stereocenters. The summed E-state index contributed by atoms with van der Waals surface area (Å²) in [6.45, 7) is 4.88. The molecule has 0 saturated carbocycles. The molecule has 1 aliphatic rings. The number of aliphatic carboxylic acids is 2. The van der Waals surface area contributed by atoms with E-state index in [9.17, 15) is 9.59 Å². The molecule has 0 radical (unpaired) electrons. The van der Waals surface area contributed by atoms with Crippen molar-refractivity contribution in [1.82, 2.24) is 14.9 Å².